The Kier molecular flexibility index (Phi) is 4.65. The predicted octanol–water partition coefficient (Wildman–Crippen LogP) is -0.134. The van der Waals surface area contributed by atoms with Crippen LogP contribution in [0.5, 0.6) is 0 Å². The maximum Gasteiger partial charge on any atom is 0.223 e. The monoisotopic (exact) mass is 281 g/mol. The molecule has 8 heteroatoms. The number of sulfone groups is 1. The highest BCUT2D eigenvalue weighted by Gasteiger charge is 2.11. The van der Waals surface area contributed by atoms with Gasteiger partial charge in [0, 0.05) is 0 Å². The molecule has 1 aromatic carbocycles. The van der Waals surface area contributed by atoms with Gasteiger partial charge in [-0.2, -0.15) is 4.99 Å². The van der Waals surface area contributed by atoms with Crippen LogP contribution in [0, 0.1) is 0 Å². The second-order valence-electron chi connectivity index (χ2n) is 3.57. The van der Waals surface area contributed by atoms with E-state index in [4.69, 9.17) is 17.2 Å². The van der Waals surface area contributed by atoms with E-state index in [-0.39, 0.29) is 22.6 Å². The second-order valence-corrected chi connectivity index (χ2v) is 5.60. The molecule has 19 heavy (non-hydrogen) atoms. The Morgan fingerprint density at radius 3 is 2.26 bits per heavy atom. The Morgan fingerprint density at radius 2 is 1.79 bits per heavy atom. The number of aliphatic imine (C=N–C) groups is 2. The van der Waals surface area contributed by atoms with Gasteiger partial charge in [-0.3, -0.25) is 0 Å². The van der Waals surface area contributed by atoms with Crippen molar-refractivity contribution >= 4 is 27.4 Å². The van der Waals surface area contributed by atoms with E-state index < -0.39 is 9.84 Å². The first-order valence-electron chi connectivity index (χ1n) is 5.22. The third kappa shape index (κ3) is 4.43. The van der Waals surface area contributed by atoms with Crippen LogP contribution >= 0.6 is 0 Å². The van der Waals surface area contributed by atoms with Crippen LogP contribution in [0.1, 0.15) is 0 Å². The molecule has 0 radical (unpaired) electrons. The van der Waals surface area contributed by atoms with E-state index in [1.807, 2.05) is 0 Å². The molecule has 102 valence electrons. The molecule has 0 amide bonds. The molecular weight excluding hydrogens is 266 g/mol. The second kappa shape index (κ2) is 6.01. The molecule has 0 aromatic heterocycles. The average molecular weight is 281 g/mol. The van der Waals surface area contributed by atoms with Crippen molar-refractivity contribution in [3.8, 4) is 0 Å². The normalized spacial score (nSPS) is 11.9. The Balaban J connectivity index is 3.01. The lowest BCUT2D eigenvalue weighted by Crippen LogP contribution is -2.26. The van der Waals surface area contributed by atoms with Crippen LogP contribution in [-0.4, -0.2) is 26.1 Å². The smallest absolute Gasteiger partial charge is 0.223 e. The first kappa shape index (κ1) is 14.7. The first-order chi connectivity index (χ1) is 8.85. The summed E-state index contributed by atoms with van der Waals surface area (Å²) in [6.45, 7) is 3.40. The third-order valence-corrected chi connectivity index (χ3v) is 3.69. The molecule has 0 fully saturated rings. The van der Waals surface area contributed by atoms with Crippen molar-refractivity contribution in [3.63, 3.8) is 0 Å². The third-order valence-electron chi connectivity index (χ3n) is 2.02. The van der Waals surface area contributed by atoms with Gasteiger partial charge in [-0.1, -0.05) is 6.08 Å². The van der Waals surface area contributed by atoms with Crippen molar-refractivity contribution in [2.24, 2.45) is 27.2 Å². The van der Waals surface area contributed by atoms with Crippen LogP contribution in [0.2, 0.25) is 0 Å². The number of hydrogen-bond acceptors (Lipinski definition) is 3. The summed E-state index contributed by atoms with van der Waals surface area (Å²) in [6, 6.07) is 5.87. The fourth-order valence-corrected chi connectivity index (χ4v) is 2.32. The molecule has 0 aliphatic heterocycles. The minimum atomic E-state index is -3.34. The Labute approximate surface area is 111 Å². The molecule has 0 spiro atoms. The molecule has 0 saturated heterocycles. The first-order valence-corrected chi connectivity index (χ1v) is 6.88. The van der Waals surface area contributed by atoms with E-state index in [1.54, 1.807) is 0 Å². The molecule has 7 nitrogen and oxygen atoms in total. The summed E-state index contributed by atoms with van der Waals surface area (Å²) in [5, 5.41) is 0. The molecule has 0 bridgehead atoms. The molecule has 0 saturated carbocycles. The van der Waals surface area contributed by atoms with Gasteiger partial charge in [0.25, 0.3) is 0 Å². The molecule has 0 heterocycles. The van der Waals surface area contributed by atoms with E-state index >= 15 is 0 Å². The maximum absolute atomic E-state index is 11.7. The fraction of sp³-hybridized carbons (Fsp3) is 0.0909. The number of nitrogens with two attached hydrogens (primary N) is 3. The topological polar surface area (TPSA) is 137 Å². The lowest BCUT2D eigenvalue weighted by atomic mass is 10.3. The van der Waals surface area contributed by atoms with Crippen molar-refractivity contribution in [1.29, 1.82) is 0 Å². The van der Waals surface area contributed by atoms with Gasteiger partial charge in [-0.15, -0.1) is 6.58 Å². The van der Waals surface area contributed by atoms with Gasteiger partial charge in [0.1, 0.15) is 0 Å². The SMILES string of the molecule is C=CCS(=O)(=O)c1ccc(N=C(N)N=C(N)N)cc1. The van der Waals surface area contributed by atoms with Gasteiger partial charge in [0.15, 0.2) is 15.8 Å². The largest absolute Gasteiger partial charge is 0.370 e. The van der Waals surface area contributed by atoms with Crippen molar-refractivity contribution < 1.29 is 8.42 Å². The van der Waals surface area contributed by atoms with E-state index in [0.717, 1.165) is 0 Å². The summed E-state index contributed by atoms with van der Waals surface area (Å²) in [5.74, 6) is -0.431. The van der Waals surface area contributed by atoms with Crippen LogP contribution in [0.4, 0.5) is 5.69 Å². The highest BCUT2D eigenvalue weighted by molar-refractivity contribution is 7.91. The molecule has 1 aromatic rings. The van der Waals surface area contributed by atoms with Crippen LogP contribution in [-0.2, 0) is 9.84 Å². The minimum Gasteiger partial charge on any atom is -0.370 e. The average Bonchev–Trinajstić information content (AvgIpc) is 2.28. The highest BCUT2D eigenvalue weighted by Crippen LogP contribution is 2.17. The summed E-state index contributed by atoms with van der Waals surface area (Å²) in [4.78, 5) is 7.63. The summed E-state index contributed by atoms with van der Waals surface area (Å²) in [7, 11) is -3.34. The molecular formula is C11H15N5O2S. The van der Waals surface area contributed by atoms with Crippen LogP contribution in [0.3, 0.4) is 0 Å². The van der Waals surface area contributed by atoms with E-state index in [0.29, 0.717) is 5.69 Å². The standard InChI is InChI=1S/C11H15N5O2S/c1-2-7-19(17,18)9-5-3-8(4-6-9)15-11(14)16-10(12)13/h2-6H,1,7H2,(H6,12,13,14,15,16). The Hall–Kier alpha value is -2.35. The maximum atomic E-state index is 11.7. The molecule has 0 aliphatic rings. The van der Waals surface area contributed by atoms with Gasteiger partial charge in [-0.25, -0.2) is 13.4 Å². The van der Waals surface area contributed by atoms with Gasteiger partial charge in [-0.05, 0) is 24.3 Å². The number of nitrogens with zero attached hydrogens (tertiary/aromatic N) is 2. The van der Waals surface area contributed by atoms with E-state index in [2.05, 4.69) is 16.6 Å². The zero-order valence-electron chi connectivity index (χ0n) is 10.2. The molecule has 0 aliphatic carbocycles. The Bertz CT molecular complexity index is 613. The van der Waals surface area contributed by atoms with E-state index in [9.17, 15) is 8.42 Å². The summed E-state index contributed by atoms with van der Waals surface area (Å²) in [6.07, 6.45) is 1.33. The quantitative estimate of drug-likeness (QED) is 0.401. The van der Waals surface area contributed by atoms with Gasteiger partial charge < -0.3 is 17.2 Å². The molecule has 6 N–H and O–H groups in total. The minimum absolute atomic E-state index is 0.110. The number of guanidine groups is 2. The summed E-state index contributed by atoms with van der Waals surface area (Å²) >= 11 is 0. The van der Waals surface area contributed by atoms with Crippen molar-refractivity contribution in [2.75, 3.05) is 5.75 Å². The summed E-state index contributed by atoms with van der Waals surface area (Å²) in [5.41, 5.74) is 16.2. The fourth-order valence-electron chi connectivity index (χ4n) is 1.27. The molecule has 0 atom stereocenters. The zero-order valence-corrected chi connectivity index (χ0v) is 11.0. The molecule has 1 rings (SSSR count). The Morgan fingerprint density at radius 1 is 1.21 bits per heavy atom. The number of benzene rings is 1. The van der Waals surface area contributed by atoms with Crippen LogP contribution < -0.4 is 17.2 Å². The van der Waals surface area contributed by atoms with Gasteiger partial charge >= 0.3 is 0 Å². The van der Waals surface area contributed by atoms with Crippen molar-refractivity contribution in [3.05, 3.63) is 36.9 Å². The lowest BCUT2D eigenvalue weighted by molar-refractivity contribution is 0.599. The van der Waals surface area contributed by atoms with Crippen molar-refractivity contribution in [2.45, 2.75) is 4.90 Å². The van der Waals surface area contributed by atoms with Crippen LogP contribution in [0.25, 0.3) is 0 Å². The van der Waals surface area contributed by atoms with Crippen molar-refractivity contribution in [1.82, 2.24) is 0 Å². The number of hydrogen-bond donors (Lipinski definition) is 3. The van der Waals surface area contributed by atoms with E-state index in [1.165, 1.54) is 30.3 Å². The molecule has 0 unspecified atom stereocenters. The lowest BCUT2D eigenvalue weighted by Gasteiger charge is -2.02. The number of rotatable bonds is 4. The predicted molar refractivity (Wildman–Crippen MR) is 75.8 cm³/mol. The van der Waals surface area contributed by atoms with Gasteiger partial charge in [0.2, 0.25) is 5.96 Å². The van der Waals surface area contributed by atoms with Gasteiger partial charge in [0.05, 0.1) is 16.3 Å². The highest BCUT2D eigenvalue weighted by atomic mass is 32.2. The summed E-state index contributed by atoms with van der Waals surface area (Å²) < 4.78 is 23.4. The zero-order chi connectivity index (χ0) is 14.5. The van der Waals surface area contributed by atoms with Crippen LogP contribution in [0.15, 0.2) is 51.8 Å².